The normalized spacial score (nSPS) is 15.3. The minimum absolute atomic E-state index is 0.404. The molecular formula is C23H21N5OS. The molecule has 0 aromatic carbocycles. The topological polar surface area (TPSA) is 82.8 Å². The van der Waals surface area contributed by atoms with Crippen molar-refractivity contribution in [3.8, 4) is 22.5 Å². The highest BCUT2D eigenvalue weighted by atomic mass is 32.1. The van der Waals surface area contributed by atoms with Gasteiger partial charge in [-0.1, -0.05) is 19.3 Å². The van der Waals surface area contributed by atoms with Gasteiger partial charge in [0.2, 0.25) is 0 Å². The number of fused-ring (bicyclic) bond motifs is 2. The highest BCUT2D eigenvalue weighted by Gasteiger charge is 2.20. The number of aromatic nitrogens is 4. The van der Waals surface area contributed by atoms with Crippen molar-refractivity contribution in [1.82, 2.24) is 19.7 Å². The maximum Gasteiger partial charge on any atom is 0.177 e. The molecule has 6 rings (SSSR count). The van der Waals surface area contributed by atoms with Crippen molar-refractivity contribution in [3.05, 3.63) is 48.5 Å². The molecule has 150 valence electrons. The van der Waals surface area contributed by atoms with E-state index < -0.39 is 0 Å². The van der Waals surface area contributed by atoms with Crippen LogP contribution in [0.1, 0.15) is 38.1 Å². The fourth-order valence-electron chi connectivity index (χ4n) is 4.50. The largest absolute Gasteiger partial charge is 0.452 e. The van der Waals surface area contributed by atoms with E-state index in [1.165, 1.54) is 32.1 Å². The zero-order valence-corrected chi connectivity index (χ0v) is 17.2. The minimum atomic E-state index is 0.404. The van der Waals surface area contributed by atoms with Gasteiger partial charge in [0.1, 0.15) is 5.76 Å². The van der Waals surface area contributed by atoms with E-state index in [0.29, 0.717) is 17.4 Å². The van der Waals surface area contributed by atoms with E-state index in [2.05, 4.69) is 37.4 Å². The summed E-state index contributed by atoms with van der Waals surface area (Å²) in [5.74, 6) is 1.20. The summed E-state index contributed by atoms with van der Waals surface area (Å²) < 4.78 is 9.46. The molecule has 1 aliphatic carbocycles. The Labute approximate surface area is 177 Å². The van der Waals surface area contributed by atoms with Crippen molar-refractivity contribution in [3.63, 3.8) is 0 Å². The first-order valence-corrected chi connectivity index (χ1v) is 11.2. The molecule has 5 aromatic heterocycles. The minimum Gasteiger partial charge on any atom is -0.452 e. The molecule has 30 heavy (non-hydrogen) atoms. The Morgan fingerprint density at radius 2 is 1.97 bits per heavy atom. The maximum absolute atomic E-state index is 6.21. The molecule has 0 amide bonds. The van der Waals surface area contributed by atoms with E-state index in [1.54, 1.807) is 11.3 Å². The van der Waals surface area contributed by atoms with Gasteiger partial charge in [-0.3, -0.25) is 9.67 Å². The van der Waals surface area contributed by atoms with Crippen molar-refractivity contribution < 1.29 is 4.42 Å². The van der Waals surface area contributed by atoms with Gasteiger partial charge in [0, 0.05) is 57.6 Å². The fourth-order valence-corrected chi connectivity index (χ4v) is 5.42. The van der Waals surface area contributed by atoms with Crippen molar-refractivity contribution in [2.24, 2.45) is 0 Å². The first-order chi connectivity index (χ1) is 14.8. The number of rotatable bonds is 3. The molecule has 0 aliphatic heterocycles. The third kappa shape index (κ3) is 2.81. The number of furan rings is 1. The molecule has 7 heteroatoms. The maximum atomic E-state index is 6.21. The van der Waals surface area contributed by atoms with Crippen molar-refractivity contribution in [2.45, 2.75) is 38.1 Å². The summed E-state index contributed by atoms with van der Waals surface area (Å²) in [6.07, 6.45) is 15.9. The van der Waals surface area contributed by atoms with Crippen LogP contribution in [0, 0.1) is 0 Å². The average Bonchev–Trinajstić information content (AvgIpc) is 3.52. The molecule has 5 aromatic rings. The standard InChI is InChI=1S/C23H21N5OS/c24-23-22-17(8-20(29-22)19-13-30-21-11-25-7-6-16(19)21)18(10-26-23)14-9-27-28(12-14)15-4-2-1-3-5-15/h6-13,15H,1-5H2,(H2,24,26). The van der Waals surface area contributed by atoms with Gasteiger partial charge in [-0.05, 0) is 25.0 Å². The van der Waals surface area contributed by atoms with E-state index in [1.807, 2.05) is 30.9 Å². The number of thiophene rings is 1. The number of hydrogen-bond donors (Lipinski definition) is 1. The first-order valence-electron chi connectivity index (χ1n) is 10.3. The van der Waals surface area contributed by atoms with Crippen molar-refractivity contribution in [2.75, 3.05) is 5.73 Å². The van der Waals surface area contributed by atoms with Crippen LogP contribution >= 0.6 is 11.3 Å². The molecule has 0 bridgehead atoms. The van der Waals surface area contributed by atoms with Gasteiger partial charge in [0.15, 0.2) is 11.4 Å². The van der Waals surface area contributed by atoms with Gasteiger partial charge >= 0.3 is 0 Å². The predicted molar refractivity (Wildman–Crippen MR) is 120 cm³/mol. The third-order valence-corrected chi connectivity index (χ3v) is 7.03. The van der Waals surface area contributed by atoms with Gasteiger partial charge in [-0.2, -0.15) is 5.10 Å². The highest BCUT2D eigenvalue weighted by Crippen LogP contribution is 2.40. The van der Waals surface area contributed by atoms with E-state index in [4.69, 9.17) is 10.2 Å². The Balaban J connectivity index is 1.46. The molecule has 2 N–H and O–H groups in total. The third-order valence-electron chi connectivity index (χ3n) is 6.09. The van der Waals surface area contributed by atoms with Crippen LogP contribution in [0.25, 0.3) is 43.5 Å². The van der Waals surface area contributed by atoms with Crippen molar-refractivity contribution in [1.29, 1.82) is 0 Å². The molecule has 1 aliphatic rings. The van der Waals surface area contributed by atoms with E-state index >= 15 is 0 Å². The molecule has 0 unspecified atom stereocenters. The van der Waals surface area contributed by atoms with Gasteiger partial charge in [0.25, 0.3) is 0 Å². The number of nitrogens with two attached hydrogens (primary N) is 1. The molecule has 0 spiro atoms. The summed E-state index contributed by atoms with van der Waals surface area (Å²) in [6, 6.07) is 4.59. The van der Waals surface area contributed by atoms with Gasteiger partial charge in [0.05, 0.1) is 16.9 Å². The fraction of sp³-hybridized carbons (Fsp3) is 0.261. The smallest absolute Gasteiger partial charge is 0.177 e. The first kappa shape index (κ1) is 17.7. The molecule has 1 saturated carbocycles. The summed E-state index contributed by atoms with van der Waals surface area (Å²) in [4.78, 5) is 8.61. The van der Waals surface area contributed by atoms with Gasteiger partial charge in [-0.25, -0.2) is 4.98 Å². The molecule has 0 saturated heterocycles. The van der Waals surface area contributed by atoms with Crippen molar-refractivity contribution >= 4 is 38.2 Å². The highest BCUT2D eigenvalue weighted by molar-refractivity contribution is 7.17. The zero-order valence-electron chi connectivity index (χ0n) is 16.4. The van der Waals surface area contributed by atoms with Crippen LogP contribution in [0.5, 0.6) is 0 Å². The molecule has 5 heterocycles. The quantitative estimate of drug-likeness (QED) is 0.387. The number of hydrogen-bond acceptors (Lipinski definition) is 6. The monoisotopic (exact) mass is 415 g/mol. The summed E-state index contributed by atoms with van der Waals surface area (Å²) in [5.41, 5.74) is 9.89. The second-order valence-electron chi connectivity index (χ2n) is 7.93. The molecule has 6 nitrogen and oxygen atoms in total. The second kappa shape index (κ2) is 6.95. The van der Waals surface area contributed by atoms with Crippen LogP contribution in [-0.2, 0) is 0 Å². The number of nitrogen functional groups attached to an aromatic ring is 1. The molecule has 0 atom stereocenters. The lowest BCUT2D eigenvalue weighted by Crippen LogP contribution is -2.12. The predicted octanol–water partition coefficient (Wildman–Crippen LogP) is 6.06. The van der Waals surface area contributed by atoms with Crippen LogP contribution in [0.2, 0.25) is 0 Å². The molecule has 1 fully saturated rings. The Hall–Kier alpha value is -3.19. The van der Waals surface area contributed by atoms with E-state index in [-0.39, 0.29) is 0 Å². The van der Waals surface area contributed by atoms with Crippen LogP contribution in [0.15, 0.2) is 52.9 Å². The Morgan fingerprint density at radius 3 is 2.87 bits per heavy atom. The van der Waals surface area contributed by atoms with Gasteiger partial charge < -0.3 is 10.2 Å². The summed E-state index contributed by atoms with van der Waals surface area (Å²) >= 11 is 1.66. The zero-order chi connectivity index (χ0) is 20.1. The SMILES string of the molecule is Nc1ncc(-c2cnn(C3CCCCC3)c2)c2cc(-c3csc4cnccc34)oc12. The van der Waals surface area contributed by atoms with Crippen LogP contribution < -0.4 is 5.73 Å². The number of anilines is 1. The van der Waals surface area contributed by atoms with Crippen LogP contribution in [-0.4, -0.2) is 19.7 Å². The summed E-state index contributed by atoms with van der Waals surface area (Å²) in [7, 11) is 0. The molecular weight excluding hydrogens is 394 g/mol. The lowest BCUT2D eigenvalue weighted by atomic mass is 9.96. The second-order valence-corrected chi connectivity index (χ2v) is 8.84. The Morgan fingerprint density at radius 1 is 1.07 bits per heavy atom. The Kier molecular flexibility index (Phi) is 4.09. The lowest BCUT2D eigenvalue weighted by molar-refractivity contribution is 0.329. The number of pyridine rings is 2. The molecule has 0 radical (unpaired) electrons. The van der Waals surface area contributed by atoms with Gasteiger partial charge in [-0.15, -0.1) is 11.3 Å². The lowest BCUT2D eigenvalue weighted by Gasteiger charge is -2.21. The number of nitrogens with zero attached hydrogens (tertiary/aromatic N) is 4. The van der Waals surface area contributed by atoms with E-state index in [0.717, 1.165) is 37.9 Å². The Bertz CT molecular complexity index is 1360. The van der Waals surface area contributed by atoms with Crippen LogP contribution in [0.4, 0.5) is 5.82 Å². The average molecular weight is 416 g/mol. The van der Waals surface area contributed by atoms with Crippen LogP contribution in [0.3, 0.4) is 0 Å². The summed E-state index contributed by atoms with van der Waals surface area (Å²) in [5, 5.41) is 8.87. The van der Waals surface area contributed by atoms with E-state index in [9.17, 15) is 0 Å². The summed E-state index contributed by atoms with van der Waals surface area (Å²) in [6.45, 7) is 0.